The van der Waals surface area contributed by atoms with Crippen LogP contribution in [0.3, 0.4) is 0 Å². The Morgan fingerprint density at radius 3 is 2.55 bits per heavy atom. The maximum atomic E-state index is 13.0. The Bertz CT molecular complexity index is 635. The van der Waals surface area contributed by atoms with Gasteiger partial charge in [-0.25, -0.2) is 4.39 Å². The summed E-state index contributed by atoms with van der Waals surface area (Å²) in [7, 11) is 0. The third kappa shape index (κ3) is 3.23. The topological polar surface area (TPSA) is 29.1 Å². The number of aryl methyl sites for hydroxylation is 1. The van der Waals surface area contributed by atoms with Crippen LogP contribution in [-0.2, 0) is 0 Å². The van der Waals surface area contributed by atoms with E-state index in [1.165, 1.54) is 23.8 Å². The van der Waals surface area contributed by atoms with Crippen LogP contribution in [0.15, 0.2) is 42.5 Å². The van der Waals surface area contributed by atoms with Crippen LogP contribution in [0, 0.1) is 12.7 Å². The van der Waals surface area contributed by atoms with Crippen LogP contribution in [0.4, 0.5) is 10.1 Å². The fourth-order valence-electron chi connectivity index (χ4n) is 2.06. The number of rotatable bonds is 3. The first-order valence-electron chi connectivity index (χ1n) is 6.65. The zero-order chi connectivity index (χ0) is 14.7. The van der Waals surface area contributed by atoms with E-state index >= 15 is 0 Å². The fourth-order valence-corrected chi connectivity index (χ4v) is 2.06. The van der Waals surface area contributed by atoms with Gasteiger partial charge in [0.1, 0.15) is 5.82 Å². The molecule has 2 rings (SSSR count). The first-order chi connectivity index (χ1) is 9.47. The molecular weight excluding hydrogens is 253 g/mol. The largest absolute Gasteiger partial charge is 0.322 e. The number of carbonyl (C=O) groups is 1. The van der Waals surface area contributed by atoms with E-state index in [1.54, 1.807) is 6.92 Å². The summed E-state index contributed by atoms with van der Waals surface area (Å²) >= 11 is 0. The van der Waals surface area contributed by atoms with E-state index in [1.807, 2.05) is 24.3 Å². The second-order valence-corrected chi connectivity index (χ2v) is 5.19. The lowest BCUT2D eigenvalue weighted by atomic mass is 10.0. The molecule has 1 N–H and O–H groups in total. The number of benzene rings is 2. The molecule has 0 aliphatic heterocycles. The third-order valence-corrected chi connectivity index (χ3v) is 3.24. The lowest BCUT2D eigenvalue weighted by Gasteiger charge is -2.10. The maximum Gasteiger partial charge on any atom is 0.255 e. The monoisotopic (exact) mass is 271 g/mol. The zero-order valence-electron chi connectivity index (χ0n) is 11.9. The average Bonchev–Trinajstić information content (AvgIpc) is 2.38. The molecule has 0 aromatic heterocycles. The van der Waals surface area contributed by atoms with E-state index in [-0.39, 0.29) is 11.7 Å². The minimum atomic E-state index is -0.333. The molecule has 0 heterocycles. The molecule has 2 nitrogen and oxygen atoms in total. The van der Waals surface area contributed by atoms with Gasteiger partial charge < -0.3 is 5.32 Å². The molecule has 0 spiro atoms. The molecule has 2 aromatic rings. The van der Waals surface area contributed by atoms with Crippen LogP contribution < -0.4 is 5.32 Å². The molecule has 104 valence electrons. The molecule has 0 aliphatic rings. The summed E-state index contributed by atoms with van der Waals surface area (Å²) in [5.41, 5.74) is 3.03. The second-order valence-electron chi connectivity index (χ2n) is 5.19. The van der Waals surface area contributed by atoms with Crippen molar-refractivity contribution in [3.05, 3.63) is 65.0 Å². The molecule has 0 unspecified atom stereocenters. The van der Waals surface area contributed by atoms with E-state index in [2.05, 4.69) is 19.2 Å². The Morgan fingerprint density at radius 2 is 1.90 bits per heavy atom. The fraction of sp³-hybridized carbons (Fsp3) is 0.235. The molecule has 0 aliphatic carbocycles. The molecule has 0 fully saturated rings. The molecule has 0 saturated heterocycles. The van der Waals surface area contributed by atoms with Crippen LogP contribution >= 0.6 is 0 Å². The van der Waals surface area contributed by atoms with Crippen molar-refractivity contribution >= 4 is 11.6 Å². The quantitative estimate of drug-likeness (QED) is 0.874. The molecule has 2 aromatic carbocycles. The highest BCUT2D eigenvalue weighted by Crippen LogP contribution is 2.19. The minimum Gasteiger partial charge on any atom is -0.322 e. The molecule has 1 amide bonds. The van der Waals surface area contributed by atoms with Gasteiger partial charge in [0, 0.05) is 11.3 Å². The minimum absolute atomic E-state index is 0.219. The lowest BCUT2D eigenvalue weighted by Crippen LogP contribution is -2.13. The van der Waals surface area contributed by atoms with Crippen LogP contribution in [0.1, 0.15) is 41.3 Å². The Balaban J connectivity index is 2.21. The Kier molecular flexibility index (Phi) is 4.18. The highest BCUT2D eigenvalue weighted by atomic mass is 19.1. The van der Waals surface area contributed by atoms with Gasteiger partial charge in [-0.05, 0) is 54.3 Å². The van der Waals surface area contributed by atoms with E-state index in [9.17, 15) is 9.18 Å². The normalized spacial score (nSPS) is 10.7. The average molecular weight is 271 g/mol. The third-order valence-electron chi connectivity index (χ3n) is 3.24. The molecule has 0 saturated carbocycles. The van der Waals surface area contributed by atoms with Gasteiger partial charge in [-0.1, -0.05) is 26.0 Å². The van der Waals surface area contributed by atoms with Gasteiger partial charge in [0.15, 0.2) is 0 Å². The van der Waals surface area contributed by atoms with Crippen molar-refractivity contribution in [2.45, 2.75) is 26.7 Å². The summed E-state index contributed by atoms with van der Waals surface area (Å²) < 4.78 is 13.0. The van der Waals surface area contributed by atoms with Gasteiger partial charge in [0.25, 0.3) is 5.91 Å². The maximum absolute atomic E-state index is 13.0. The first kappa shape index (κ1) is 14.3. The van der Waals surface area contributed by atoms with Gasteiger partial charge in [-0.15, -0.1) is 0 Å². The molecule has 20 heavy (non-hydrogen) atoms. The molecule has 3 heteroatoms. The van der Waals surface area contributed by atoms with Crippen LogP contribution in [0.2, 0.25) is 0 Å². The molecule has 0 bridgehead atoms. The number of hydrogen-bond donors (Lipinski definition) is 1. The van der Waals surface area contributed by atoms with Gasteiger partial charge in [0.05, 0.1) is 0 Å². The SMILES string of the molecule is Cc1cc(F)ccc1C(=O)Nc1cccc(C(C)C)c1. The van der Waals surface area contributed by atoms with Gasteiger partial charge >= 0.3 is 0 Å². The smallest absolute Gasteiger partial charge is 0.255 e. The first-order valence-corrected chi connectivity index (χ1v) is 6.65. The molecular formula is C17H18FNO. The van der Waals surface area contributed by atoms with Crippen molar-refractivity contribution in [2.24, 2.45) is 0 Å². The van der Waals surface area contributed by atoms with Gasteiger partial charge in [-0.2, -0.15) is 0 Å². The van der Waals surface area contributed by atoms with Crippen molar-refractivity contribution in [3.8, 4) is 0 Å². The van der Waals surface area contributed by atoms with Crippen molar-refractivity contribution < 1.29 is 9.18 Å². The highest BCUT2D eigenvalue weighted by molar-refractivity contribution is 6.05. The summed E-state index contributed by atoms with van der Waals surface area (Å²) in [6.07, 6.45) is 0. The van der Waals surface area contributed by atoms with Crippen molar-refractivity contribution in [3.63, 3.8) is 0 Å². The summed E-state index contributed by atoms with van der Waals surface area (Å²) in [4.78, 5) is 12.2. The van der Waals surface area contributed by atoms with Crippen molar-refractivity contribution in [2.75, 3.05) is 5.32 Å². The van der Waals surface area contributed by atoms with E-state index in [0.717, 1.165) is 5.69 Å². The highest BCUT2D eigenvalue weighted by Gasteiger charge is 2.10. The summed E-state index contributed by atoms with van der Waals surface area (Å²) in [5, 5.41) is 2.85. The number of carbonyl (C=O) groups excluding carboxylic acids is 1. The number of nitrogens with one attached hydrogen (secondary N) is 1. The van der Waals surface area contributed by atoms with Gasteiger partial charge in [0.2, 0.25) is 0 Å². The summed E-state index contributed by atoms with van der Waals surface area (Å²) in [5.74, 6) is -0.149. The summed E-state index contributed by atoms with van der Waals surface area (Å²) in [6, 6.07) is 11.9. The molecule has 0 atom stereocenters. The van der Waals surface area contributed by atoms with Crippen LogP contribution in [-0.4, -0.2) is 5.91 Å². The van der Waals surface area contributed by atoms with Crippen LogP contribution in [0.5, 0.6) is 0 Å². The zero-order valence-corrected chi connectivity index (χ0v) is 11.9. The Labute approximate surface area is 118 Å². The number of hydrogen-bond acceptors (Lipinski definition) is 1. The summed E-state index contributed by atoms with van der Waals surface area (Å²) in [6.45, 7) is 5.93. The standard InChI is InChI=1S/C17H18FNO/c1-11(2)13-5-4-6-15(10-13)19-17(20)16-8-7-14(18)9-12(16)3/h4-11H,1-3H3,(H,19,20). The van der Waals surface area contributed by atoms with E-state index in [0.29, 0.717) is 17.0 Å². The predicted molar refractivity (Wildman–Crippen MR) is 79.6 cm³/mol. The predicted octanol–water partition coefficient (Wildman–Crippen LogP) is 4.51. The number of amides is 1. The van der Waals surface area contributed by atoms with E-state index < -0.39 is 0 Å². The number of halogens is 1. The van der Waals surface area contributed by atoms with Gasteiger partial charge in [-0.3, -0.25) is 4.79 Å². The van der Waals surface area contributed by atoms with E-state index in [4.69, 9.17) is 0 Å². The van der Waals surface area contributed by atoms with Crippen molar-refractivity contribution in [1.82, 2.24) is 0 Å². The lowest BCUT2D eigenvalue weighted by molar-refractivity contribution is 0.102. The Hall–Kier alpha value is -2.16. The Morgan fingerprint density at radius 1 is 1.15 bits per heavy atom. The second kappa shape index (κ2) is 5.87. The molecule has 0 radical (unpaired) electrons. The van der Waals surface area contributed by atoms with Crippen molar-refractivity contribution in [1.29, 1.82) is 0 Å². The number of anilines is 1. The van der Waals surface area contributed by atoms with Crippen LogP contribution in [0.25, 0.3) is 0 Å².